The lowest BCUT2D eigenvalue weighted by molar-refractivity contribution is -0.139. The molecule has 2 atom stereocenters. The molecule has 1 saturated heterocycles. The van der Waals surface area contributed by atoms with Gasteiger partial charge in [0, 0.05) is 24.4 Å². The monoisotopic (exact) mass is 376 g/mol. The van der Waals surface area contributed by atoms with Crippen LogP contribution in [0.1, 0.15) is 49.7 Å². The molecule has 0 aromatic heterocycles. The van der Waals surface area contributed by atoms with Crippen LogP contribution in [-0.4, -0.2) is 35.3 Å². The number of carbonyl (C=O) groups excluding carboxylic acids is 2. The first kappa shape index (κ1) is 18.7. The van der Waals surface area contributed by atoms with Crippen LogP contribution in [0.25, 0.3) is 0 Å². The quantitative estimate of drug-likeness (QED) is 0.835. The molecule has 2 aromatic carbocycles. The van der Waals surface area contributed by atoms with Crippen molar-refractivity contribution in [3.05, 3.63) is 71.8 Å². The summed E-state index contributed by atoms with van der Waals surface area (Å²) in [6.45, 7) is 2.77. The van der Waals surface area contributed by atoms with E-state index in [-0.39, 0.29) is 35.7 Å². The van der Waals surface area contributed by atoms with Gasteiger partial charge in [-0.15, -0.1) is 0 Å². The predicted molar refractivity (Wildman–Crippen MR) is 110 cm³/mol. The minimum Gasteiger partial charge on any atom is -0.351 e. The number of hydrogen-bond acceptors (Lipinski definition) is 2. The van der Waals surface area contributed by atoms with E-state index in [1.54, 1.807) is 0 Å². The Morgan fingerprint density at radius 1 is 0.929 bits per heavy atom. The van der Waals surface area contributed by atoms with Crippen molar-refractivity contribution in [2.24, 2.45) is 5.92 Å². The van der Waals surface area contributed by atoms with E-state index in [9.17, 15) is 9.59 Å². The van der Waals surface area contributed by atoms with Crippen LogP contribution in [0.5, 0.6) is 0 Å². The molecule has 1 aliphatic heterocycles. The fraction of sp³-hybridized carbons (Fsp3) is 0.417. The minimum atomic E-state index is -0.317. The van der Waals surface area contributed by atoms with Crippen LogP contribution < -0.4 is 5.32 Å². The van der Waals surface area contributed by atoms with Gasteiger partial charge in [-0.25, -0.2) is 0 Å². The molecule has 1 N–H and O–H groups in total. The molecule has 2 aliphatic rings. The molecule has 0 bridgehead atoms. The van der Waals surface area contributed by atoms with Crippen molar-refractivity contribution in [2.45, 2.75) is 50.6 Å². The van der Waals surface area contributed by atoms with Gasteiger partial charge >= 0.3 is 0 Å². The van der Waals surface area contributed by atoms with Gasteiger partial charge in [0.2, 0.25) is 11.8 Å². The maximum atomic E-state index is 13.1. The second-order valence-electron chi connectivity index (χ2n) is 8.06. The van der Waals surface area contributed by atoms with Crippen molar-refractivity contribution >= 4 is 11.8 Å². The van der Waals surface area contributed by atoms with E-state index in [0.717, 1.165) is 25.7 Å². The summed E-state index contributed by atoms with van der Waals surface area (Å²) in [6.07, 6.45) is 3.62. The van der Waals surface area contributed by atoms with E-state index in [1.807, 2.05) is 41.3 Å². The van der Waals surface area contributed by atoms with Gasteiger partial charge in [-0.05, 0) is 43.7 Å². The maximum Gasteiger partial charge on any atom is 0.243 e. The van der Waals surface area contributed by atoms with E-state index < -0.39 is 0 Å². The van der Waals surface area contributed by atoms with Crippen LogP contribution in [0, 0.1) is 5.92 Å². The molecule has 4 heteroatoms. The van der Waals surface area contributed by atoms with Crippen LogP contribution in [0.3, 0.4) is 0 Å². The van der Waals surface area contributed by atoms with Crippen LogP contribution >= 0.6 is 0 Å². The highest BCUT2D eigenvalue weighted by molar-refractivity contribution is 5.90. The molecule has 2 amide bonds. The summed E-state index contributed by atoms with van der Waals surface area (Å²) in [6, 6.07) is 20.2. The summed E-state index contributed by atoms with van der Waals surface area (Å²) >= 11 is 0. The van der Waals surface area contributed by atoms with Gasteiger partial charge in [-0.3, -0.25) is 9.59 Å². The number of amides is 2. The zero-order chi connectivity index (χ0) is 19.5. The Morgan fingerprint density at radius 3 is 2.04 bits per heavy atom. The van der Waals surface area contributed by atoms with Crippen molar-refractivity contribution in [3.8, 4) is 0 Å². The first-order valence-corrected chi connectivity index (χ1v) is 10.4. The number of nitrogens with one attached hydrogen (secondary N) is 1. The topological polar surface area (TPSA) is 49.4 Å². The Kier molecular flexibility index (Phi) is 5.47. The number of hydrogen-bond donors (Lipinski definition) is 1. The highest BCUT2D eigenvalue weighted by Crippen LogP contribution is 2.34. The van der Waals surface area contributed by atoms with Crippen molar-refractivity contribution in [1.29, 1.82) is 0 Å². The van der Waals surface area contributed by atoms with Crippen molar-refractivity contribution in [2.75, 3.05) is 6.54 Å². The smallest absolute Gasteiger partial charge is 0.243 e. The van der Waals surface area contributed by atoms with Crippen LogP contribution in [0.2, 0.25) is 0 Å². The largest absolute Gasteiger partial charge is 0.351 e. The molecule has 0 radical (unpaired) electrons. The Bertz CT molecular complexity index is 778. The average Bonchev–Trinajstić information content (AvgIpc) is 3.45. The highest BCUT2D eigenvalue weighted by atomic mass is 16.2. The molecule has 1 saturated carbocycles. The molecule has 28 heavy (non-hydrogen) atoms. The first-order chi connectivity index (χ1) is 13.6. The Balaban J connectivity index is 1.51. The standard InChI is InChI=1S/C24H28N2O2/c1-17(22(18-9-4-2-5-10-18)19-11-6-3-7-12-19)25-23(27)21-13-8-16-26(21)24(28)20-14-15-20/h2-7,9-12,17,20-22H,8,13-16H2,1H3,(H,25,27). The summed E-state index contributed by atoms with van der Waals surface area (Å²) in [5, 5.41) is 3.23. The number of carbonyl (C=O) groups is 2. The first-order valence-electron chi connectivity index (χ1n) is 10.4. The molecule has 2 unspecified atom stereocenters. The fourth-order valence-electron chi connectivity index (χ4n) is 4.36. The molecular weight excluding hydrogens is 348 g/mol. The van der Waals surface area contributed by atoms with Gasteiger partial charge in [-0.1, -0.05) is 60.7 Å². The molecule has 0 spiro atoms. The summed E-state index contributed by atoms with van der Waals surface area (Å²) < 4.78 is 0. The maximum absolute atomic E-state index is 13.1. The van der Waals surface area contributed by atoms with Crippen molar-refractivity contribution < 1.29 is 9.59 Å². The lowest BCUT2D eigenvalue weighted by Gasteiger charge is -2.29. The van der Waals surface area contributed by atoms with Gasteiger partial charge in [0.15, 0.2) is 0 Å². The molecule has 1 heterocycles. The van der Waals surface area contributed by atoms with Gasteiger partial charge < -0.3 is 10.2 Å². The zero-order valence-corrected chi connectivity index (χ0v) is 16.4. The second-order valence-corrected chi connectivity index (χ2v) is 8.06. The summed E-state index contributed by atoms with van der Waals surface area (Å²) in [7, 11) is 0. The molecule has 4 rings (SSSR count). The SMILES string of the molecule is CC(NC(=O)C1CCCN1C(=O)C1CC1)C(c1ccccc1)c1ccccc1. The lowest BCUT2D eigenvalue weighted by atomic mass is 9.85. The van der Waals surface area contributed by atoms with E-state index in [2.05, 4.69) is 36.5 Å². The molecular formula is C24H28N2O2. The normalized spacial score (nSPS) is 20.2. The summed E-state index contributed by atoms with van der Waals surface area (Å²) in [4.78, 5) is 27.4. The van der Waals surface area contributed by atoms with Gasteiger partial charge in [0.05, 0.1) is 0 Å². The lowest BCUT2D eigenvalue weighted by Crippen LogP contribution is -2.49. The zero-order valence-electron chi connectivity index (χ0n) is 16.4. The molecule has 2 fully saturated rings. The van der Waals surface area contributed by atoms with Crippen LogP contribution in [0.4, 0.5) is 0 Å². The van der Waals surface area contributed by atoms with Crippen molar-refractivity contribution in [3.63, 3.8) is 0 Å². The Labute approximate surface area is 166 Å². The predicted octanol–water partition coefficient (Wildman–Crippen LogP) is 3.72. The Morgan fingerprint density at radius 2 is 1.50 bits per heavy atom. The minimum absolute atomic E-state index is 0.0177. The van der Waals surface area contributed by atoms with Crippen molar-refractivity contribution in [1.82, 2.24) is 10.2 Å². The van der Waals surface area contributed by atoms with E-state index in [4.69, 9.17) is 0 Å². The number of likely N-dealkylation sites (tertiary alicyclic amines) is 1. The van der Waals surface area contributed by atoms with Gasteiger partial charge in [0.25, 0.3) is 0 Å². The molecule has 1 aliphatic carbocycles. The van der Waals surface area contributed by atoms with E-state index >= 15 is 0 Å². The summed E-state index contributed by atoms with van der Waals surface area (Å²) in [5.74, 6) is 0.386. The fourth-order valence-corrected chi connectivity index (χ4v) is 4.36. The van der Waals surface area contributed by atoms with Gasteiger partial charge in [0.1, 0.15) is 6.04 Å². The molecule has 2 aromatic rings. The third-order valence-electron chi connectivity index (χ3n) is 5.95. The third kappa shape index (κ3) is 3.96. The highest BCUT2D eigenvalue weighted by Gasteiger charge is 2.41. The van der Waals surface area contributed by atoms with E-state index in [1.165, 1.54) is 11.1 Å². The van der Waals surface area contributed by atoms with Crippen LogP contribution in [-0.2, 0) is 9.59 Å². The third-order valence-corrected chi connectivity index (χ3v) is 5.95. The number of rotatable bonds is 6. The van der Waals surface area contributed by atoms with Crippen LogP contribution in [0.15, 0.2) is 60.7 Å². The number of nitrogens with zero attached hydrogens (tertiary/aromatic N) is 1. The molecule has 4 nitrogen and oxygen atoms in total. The van der Waals surface area contributed by atoms with Gasteiger partial charge in [-0.2, -0.15) is 0 Å². The number of benzene rings is 2. The Hall–Kier alpha value is -2.62. The second kappa shape index (κ2) is 8.17. The van der Waals surface area contributed by atoms with E-state index in [0.29, 0.717) is 6.54 Å². The average molecular weight is 376 g/mol. The summed E-state index contributed by atoms with van der Waals surface area (Å²) in [5.41, 5.74) is 2.36. The molecule has 146 valence electrons.